The highest BCUT2D eigenvalue weighted by Crippen LogP contribution is 2.20. The normalized spacial score (nSPS) is 21.4. The van der Waals surface area contributed by atoms with Crippen LogP contribution in [0.1, 0.15) is 25.5 Å². The van der Waals surface area contributed by atoms with Crippen LogP contribution < -0.4 is 10.2 Å². The Bertz CT molecular complexity index is 343. The third kappa shape index (κ3) is 2.38. The minimum absolute atomic E-state index is 0.637. The highest BCUT2D eigenvalue weighted by atomic mass is 15.3. The Hall–Kier alpha value is -1.03. The molecule has 4 heteroatoms. The van der Waals surface area contributed by atoms with Crippen LogP contribution in [-0.4, -0.2) is 35.5 Å². The number of rotatable bonds is 3. The summed E-state index contributed by atoms with van der Waals surface area (Å²) in [6, 6.07) is 0.637. The van der Waals surface area contributed by atoms with E-state index in [-0.39, 0.29) is 0 Å². The lowest BCUT2D eigenvalue weighted by Crippen LogP contribution is -2.50. The van der Waals surface area contributed by atoms with Crippen LogP contribution in [0, 0.1) is 6.92 Å². The summed E-state index contributed by atoms with van der Waals surface area (Å²) < 4.78 is 1.90. The number of hydrogen-bond donors (Lipinski definition) is 1. The van der Waals surface area contributed by atoms with E-state index in [2.05, 4.69) is 35.4 Å². The molecule has 1 saturated heterocycles. The minimum atomic E-state index is 0.637. The van der Waals surface area contributed by atoms with E-state index in [9.17, 15) is 0 Å². The molecule has 1 N–H and O–H groups in total. The van der Waals surface area contributed by atoms with Crippen molar-refractivity contribution in [2.45, 2.75) is 32.7 Å². The summed E-state index contributed by atoms with van der Waals surface area (Å²) in [7, 11) is 1.99. The number of nitrogens with one attached hydrogen (secondary N) is 1. The first-order valence-electron chi connectivity index (χ1n) is 6.19. The molecule has 1 fully saturated rings. The van der Waals surface area contributed by atoms with Crippen LogP contribution in [0.15, 0.2) is 6.20 Å². The van der Waals surface area contributed by atoms with Gasteiger partial charge in [0.05, 0.1) is 11.4 Å². The van der Waals surface area contributed by atoms with Gasteiger partial charge in [-0.25, -0.2) is 0 Å². The lowest BCUT2D eigenvalue weighted by Gasteiger charge is -2.34. The van der Waals surface area contributed by atoms with Crippen molar-refractivity contribution >= 4 is 5.69 Å². The zero-order valence-electron chi connectivity index (χ0n) is 10.5. The minimum Gasteiger partial charge on any atom is -0.366 e. The van der Waals surface area contributed by atoms with Gasteiger partial charge in [0.15, 0.2) is 0 Å². The molecule has 1 aromatic rings. The molecule has 16 heavy (non-hydrogen) atoms. The molecule has 1 atom stereocenters. The average molecular weight is 222 g/mol. The number of aryl methyl sites for hydroxylation is 2. The van der Waals surface area contributed by atoms with E-state index < -0.39 is 0 Å². The fourth-order valence-electron chi connectivity index (χ4n) is 2.48. The second-order valence-electron chi connectivity index (χ2n) is 4.66. The molecular formula is C12H22N4. The molecule has 1 aromatic heterocycles. The predicted molar refractivity (Wildman–Crippen MR) is 66.9 cm³/mol. The van der Waals surface area contributed by atoms with Gasteiger partial charge in [-0.3, -0.25) is 4.68 Å². The zero-order chi connectivity index (χ0) is 11.5. The Balaban J connectivity index is 2.06. The SMILES string of the molecule is CCCC1CN(c2cn(C)nc2C)CCN1. The monoisotopic (exact) mass is 222 g/mol. The molecule has 0 spiro atoms. The first-order chi connectivity index (χ1) is 7.70. The number of aromatic nitrogens is 2. The molecule has 0 aromatic carbocycles. The maximum Gasteiger partial charge on any atom is 0.0827 e. The molecule has 2 rings (SSSR count). The second-order valence-corrected chi connectivity index (χ2v) is 4.66. The quantitative estimate of drug-likeness (QED) is 0.837. The van der Waals surface area contributed by atoms with Crippen molar-refractivity contribution in [3.63, 3.8) is 0 Å². The molecule has 4 nitrogen and oxygen atoms in total. The van der Waals surface area contributed by atoms with Gasteiger partial charge in [0.1, 0.15) is 0 Å². The number of piperazine rings is 1. The van der Waals surface area contributed by atoms with Gasteiger partial charge in [0.2, 0.25) is 0 Å². The van der Waals surface area contributed by atoms with Crippen molar-refractivity contribution in [2.24, 2.45) is 7.05 Å². The van der Waals surface area contributed by atoms with Crippen molar-refractivity contribution in [1.82, 2.24) is 15.1 Å². The summed E-state index contributed by atoms with van der Waals surface area (Å²) in [6.07, 6.45) is 4.64. The first-order valence-corrected chi connectivity index (χ1v) is 6.19. The summed E-state index contributed by atoms with van der Waals surface area (Å²) in [5, 5.41) is 7.99. The zero-order valence-corrected chi connectivity index (χ0v) is 10.5. The molecule has 0 bridgehead atoms. The van der Waals surface area contributed by atoms with Crippen molar-refractivity contribution < 1.29 is 0 Å². The van der Waals surface area contributed by atoms with E-state index in [1.54, 1.807) is 0 Å². The average Bonchev–Trinajstić information content (AvgIpc) is 2.59. The topological polar surface area (TPSA) is 33.1 Å². The molecule has 0 amide bonds. The standard InChI is InChI=1S/C12H22N4/c1-4-5-11-8-16(7-6-13-11)12-9-15(3)14-10(12)2/h9,11,13H,4-8H2,1-3H3. The molecular weight excluding hydrogens is 200 g/mol. The van der Waals surface area contributed by atoms with Crippen LogP contribution in [0.5, 0.6) is 0 Å². The van der Waals surface area contributed by atoms with Gasteiger partial charge in [0.25, 0.3) is 0 Å². The van der Waals surface area contributed by atoms with Gasteiger partial charge in [0, 0.05) is 38.9 Å². The molecule has 2 heterocycles. The molecule has 0 aliphatic carbocycles. The van der Waals surface area contributed by atoms with Gasteiger partial charge >= 0.3 is 0 Å². The van der Waals surface area contributed by atoms with Crippen LogP contribution in [0.4, 0.5) is 5.69 Å². The van der Waals surface area contributed by atoms with Crippen LogP contribution in [0.3, 0.4) is 0 Å². The van der Waals surface area contributed by atoms with Crippen LogP contribution in [-0.2, 0) is 7.05 Å². The van der Waals surface area contributed by atoms with Crippen molar-refractivity contribution in [3.05, 3.63) is 11.9 Å². The van der Waals surface area contributed by atoms with Crippen molar-refractivity contribution in [1.29, 1.82) is 0 Å². The molecule has 1 unspecified atom stereocenters. The van der Waals surface area contributed by atoms with Crippen molar-refractivity contribution in [2.75, 3.05) is 24.5 Å². The Morgan fingerprint density at radius 3 is 3.00 bits per heavy atom. The summed E-state index contributed by atoms with van der Waals surface area (Å²) in [4.78, 5) is 2.46. The Labute approximate surface area is 97.6 Å². The van der Waals surface area contributed by atoms with Gasteiger partial charge in [-0.1, -0.05) is 13.3 Å². The smallest absolute Gasteiger partial charge is 0.0827 e. The largest absolute Gasteiger partial charge is 0.366 e. The van der Waals surface area contributed by atoms with Crippen LogP contribution in [0.2, 0.25) is 0 Å². The third-order valence-corrected chi connectivity index (χ3v) is 3.22. The Morgan fingerprint density at radius 1 is 1.56 bits per heavy atom. The third-order valence-electron chi connectivity index (χ3n) is 3.22. The maximum atomic E-state index is 4.41. The molecule has 0 radical (unpaired) electrons. The predicted octanol–water partition coefficient (Wildman–Crippen LogP) is 1.31. The number of nitrogens with zero attached hydrogens (tertiary/aromatic N) is 3. The highest BCUT2D eigenvalue weighted by Gasteiger charge is 2.20. The summed E-state index contributed by atoms with van der Waals surface area (Å²) in [6.45, 7) is 7.62. The second kappa shape index (κ2) is 4.87. The van der Waals surface area contributed by atoms with E-state index in [1.165, 1.54) is 18.5 Å². The van der Waals surface area contributed by atoms with Gasteiger partial charge in [-0.2, -0.15) is 5.10 Å². The molecule has 1 aliphatic heterocycles. The molecule has 90 valence electrons. The summed E-state index contributed by atoms with van der Waals surface area (Å²) in [5.41, 5.74) is 2.43. The van der Waals surface area contributed by atoms with E-state index in [4.69, 9.17) is 0 Å². The van der Waals surface area contributed by atoms with Crippen LogP contribution in [0.25, 0.3) is 0 Å². The first kappa shape index (κ1) is 11.5. The molecule has 1 aliphatic rings. The highest BCUT2D eigenvalue weighted by molar-refractivity contribution is 5.49. The summed E-state index contributed by atoms with van der Waals surface area (Å²) >= 11 is 0. The van der Waals surface area contributed by atoms with E-state index in [0.717, 1.165) is 25.3 Å². The van der Waals surface area contributed by atoms with E-state index >= 15 is 0 Å². The summed E-state index contributed by atoms with van der Waals surface area (Å²) in [5.74, 6) is 0. The van der Waals surface area contributed by atoms with E-state index in [0.29, 0.717) is 6.04 Å². The van der Waals surface area contributed by atoms with E-state index in [1.807, 2.05) is 11.7 Å². The maximum absolute atomic E-state index is 4.41. The van der Waals surface area contributed by atoms with Gasteiger partial charge in [-0.05, 0) is 13.3 Å². The Morgan fingerprint density at radius 2 is 2.38 bits per heavy atom. The van der Waals surface area contributed by atoms with Gasteiger partial charge < -0.3 is 10.2 Å². The lowest BCUT2D eigenvalue weighted by atomic mass is 10.1. The van der Waals surface area contributed by atoms with Crippen molar-refractivity contribution in [3.8, 4) is 0 Å². The van der Waals surface area contributed by atoms with Crippen LogP contribution >= 0.6 is 0 Å². The van der Waals surface area contributed by atoms with Gasteiger partial charge in [-0.15, -0.1) is 0 Å². The number of hydrogen-bond acceptors (Lipinski definition) is 3. The number of anilines is 1. The molecule has 0 saturated carbocycles. The Kier molecular flexibility index (Phi) is 3.49. The fraction of sp³-hybridized carbons (Fsp3) is 0.750. The fourth-order valence-corrected chi connectivity index (χ4v) is 2.48. The lowest BCUT2D eigenvalue weighted by molar-refractivity contribution is 0.430.